The summed E-state index contributed by atoms with van der Waals surface area (Å²) in [7, 11) is 0. The van der Waals surface area contributed by atoms with Crippen molar-refractivity contribution in [1.82, 2.24) is 9.97 Å². The zero-order valence-corrected chi connectivity index (χ0v) is 18.9. The molecular weight excluding hydrogens is 398 g/mol. The average molecular weight is 422 g/mol. The number of Topliss-reactive ketones (excluding diaryl/α,β-unsaturated/α-hetero) is 1. The van der Waals surface area contributed by atoms with Crippen LogP contribution >= 0.6 is 23.5 Å². The first-order valence-electron chi connectivity index (χ1n) is 9.26. The summed E-state index contributed by atoms with van der Waals surface area (Å²) in [6.07, 6.45) is 6.06. The van der Waals surface area contributed by atoms with Crippen molar-refractivity contribution in [3.05, 3.63) is 75.0 Å². The molecule has 0 N–H and O–H groups in total. The molecule has 0 spiro atoms. The molecule has 2 aromatic rings. The molecule has 0 aliphatic heterocycles. The highest BCUT2D eigenvalue weighted by molar-refractivity contribution is 8.08. The molecule has 6 heteroatoms. The Bertz CT molecular complexity index is 1090. The first kappa shape index (κ1) is 21.4. The van der Waals surface area contributed by atoms with E-state index in [1.807, 2.05) is 18.2 Å². The largest absolute Gasteiger partial charge is 0.361 e. The lowest BCUT2D eigenvalue weighted by molar-refractivity contribution is 0.101. The van der Waals surface area contributed by atoms with Gasteiger partial charge in [-0.15, -0.1) is 28.5 Å². The third kappa shape index (κ3) is 4.31. The van der Waals surface area contributed by atoms with Gasteiger partial charge < -0.3 is 4.85 Å². The van der Waals surface area contributed by atoms with E-state index < -0.39 is 0 Å². The SMILES string of the molecule is CSC1=C(C)Cc2ccc(C(C)=O)nc21.[C-]#[N+]c1ccc2c(n1)C(SC)=C(C)C2. The normalized spacial score (nSPS) is 14.2. The molecule has 29 heavy (non-hydrogen) atoms. The summed E-state index contributed by atoms with van der Waals surface area (Å²) in [6.45, 7) is 12.7. The van der Waals surface area contributed by atoms with E-state index in [1.54, 1.807) is 36.5 Å². The summed E-state index contributed by atoms with van der Waals surface area (Å²) in [5, 5.41) is 0. The monoisotopic (exact) mass is 421 g/mol. The second-order valence-corrected chi connectivity index (χ2v) is 8.66. The van der Waals surface area contributed by atoms with Crippen LogP contribution in [0, 0.1) is 6.57 Å². The molecule has 2 aromatic heterocycles. The molecule has 148 valence electrons. The van der Waals surface area contributed by atoms with Crippen molar-refractivity contribution in [3.63, 3.8) is 0 Å². The van der Waals surface area contributed by atoms with Gasteiger partial charge in [0.25, 0.3) is 5.82 Å². The maximum atomic E-state index is 11.2. The molecule has 0 atom stereocenters. The second-order valence-electron chi connectivity index (χ2n) is 7.03. The molecule has 0 radical (unpaired) electrons. The van der Waals surface area contributed by atoms with E-state index in [0.717, 1.165) is 24.2 Å². The van der Waals surface area contributed by atoms with Crippen molar-refractivity contribution >= 4 is 44.9 Å². The lowest BCUT2D eigenvalue weighted by Gasteiger charge is -2.03. The molecule has 4 nitrogen and oxygen atoms in total. The van der Waals surface area contributed by atoms with Crippen molar-refractivity contribution in [3.8, 4) is 0 Å². The lowest BCUT2D eigenvalue weighted by atomic mass is 10.1. The number of carbonyl (C=O) groups is 1. The van der Waals surface area contributed by atoms with Crippen LogP contribution in [0.1, 0.15) is 53.8 Å². The summed E-state index contributed by atoms with van der Waals surface area (Å²) < 4.78 is 0. The average Bonchev–Trinajstić information content (AvgIpc) is 3.21. The molecule has 0 amide bonds. The summed E-state index contributed by atoms with van der Waals surface area (Å²) in [5.41, 5.74) is 7.79. The number of fused-ring (bicyclic) bond motifs is 2. The number of pyridine rings is 2. The van der Waals surface area contributed by atoms with Crippen LogP contribution in [0.2, 0.25) is 0 Å². The van der Waals surface area contributed by atoms with Crippen molar-refractivity contribution in [1.29, 1.82) is 0 Å². The first-order chi connectivity index (χ1) is 13.9. The van der Waals surface area contributed by atoms with E-state index in [1.165, 1.54) is 32.1 Å². The zero-order valence-electron chi connectivity index (χ0n) is 17.3. The van der Waals surface area contributed by atoms with Crippen LogP contribution in [0.25, 0.3) is 14.7 Å². The van der Waals surface area contributed by atoms with Crippen LogP contribution in [0.15, 0.2) is 35.4 Å². The van der Waals surface area contributed by atoms with Gasteiger partial charge in [-0.3, -0.25) is 4.79 Å². The Balaban J connectivity index is 0.000000166. The molecule has 0 unspecified atom stereocenters. The summed E-state index contributed by atoms with van der Waals surface area (Å²) in [5.74, 6) is 0.521. The molecule has 2 heterocycles. The summed E-state index contributed by atoms with van der Waals surface area (Å²) in [6, 6.07) is 7.65. The van der Waals surface area contributed by atoms with Crippen molar-refractivity contribution in [2.24, 2.45) is 0 Å². The number of rotatable bonds is 3. The Labute approximate surface area is 180 Å². The van der Waals surface area contributed by atoms with Gasteiger partial charge in [-0.2, -0.15) is 0 Å². The maximum absolute atomic E-state index is 11.2. The number of nitrogens with zero attached hydrogens (tertiary/aromatic N) is 3. The fourth-order valence-corrected chi connectivity index (χ4v) is 5.16. The van der Waals surface area contributed by atoms with E-state index in [9.17, 15) is 4.79 Å². The highest BCUT2D eigenvalue weighted by atomic mass is 32.2. The number of carbonyl (C=O) groups excluding carboxylic acids is 1. The standard InChI is InChI=1S/C12H13NOS.C11H10N2S/c1-7-6-9-4-5-10(8(2)14)13-11(9)12(7)15-3;1-7-6-8-4-5-9(12-2)13-10(8)11(7)14-3/h4-5H,6H2,1-3H3;4-5H,6H2,1,3H3. The van der Waals surface area contributed by atoms with Crippen molar-refractivity contribution in [2.45, 2.75) is 33.6 Å². The molecule has 4 rings (SSSR count). The number of allylic oxidation sites excluding steroid dienone is 2. The van der Waals surface area contributed by atoms with Crippen molar-refractivity contribution < 1.29 is 4.79 Å². The predicted octanol–water partition coefficient (Wildman–Crippen LogP) is 6.22. The van der Waals surface area contributed by atoms with Gasteiger partial charge in [-0.05, 0) is 56.9 Å². The van der Waals surface area contributed by atoms with Gasteiger partial charge in [0.15, 0.2) is 11.5 Å². The van der Waals surface area contributed by atoms with Crippen LogP contribution in [-0.2, 0) is 12.8 Å². The Kier molecular flexibility index (Phi) is 6.61. The number of ketones is 1. The third-order valence-electron chi connectivity index (χ3n) is 4.94. The lowest BCUT2D eigenvalue weighted by Crippen LogP contribution is -1.99. The zero-order chi connectivity index (χ0) is 21.1. The van der Waals surface area contributed by atoms with Crippen LogP contribution in [0.3, 0.4) is 0 Å². The van der Waals surface area contributed by atoms with E-state index in [-0.39, 0.29) is 5.78 Å². The molecule has 2 aliphatic rings. The maximum Gasteiger partial charge on any atom is 0.270 e. The summed E-state index contributed by atoms with van der Waals surface area (Å²) >= 11 is 3.43. The number of hydrogen-bond donors (Lipinski definition) is 0. The fraction of sp³-hybridized carbons (Fsp3) is 0.304. The highest BCUT2D eigenvalue weighted by Crippen LogP contribution is 2.39. The van der Waals surface area contributed by atoms with Crippen LogP contribution in [0.5, 0.6) is 0 Å². The Morgan fingerprint density at radius 1 is 0.931 bits per heavy atom. The Morgan fingerprint density at radius 2 is 1.45 bits per heavy atom. The number of aromatic nitrogens is 2. The van der Waals surface area contributed by atoms with Crippen LogP contribution in [-0.4, -0.2) is 28.3 Å². The Hall–Kier alpha value is -2.36. The van der Waals surface area contributed by atoms with Gasteiger partial charge in [0.05, 0.1) is 10.6 Å². The smallest absolute Gasteiger partial charge is 0.270 e. The van der Waals surface area contributed by atoms with E-state index in [0.29, 0.717) is 11.5 Å². The fourth-order valence-electron chi connectivity index (χ4n) is 3.58. The van der Waals surface area contributed by atoms with E-state index >= 15 is 0 Å². The van der Waals surface area contributed by atoms with Gasteiger partial charge in [-0.1, -0.05) is 29.9 Å². The molecule has 2 aliphatic carbocycles. The second kappa shape index (κ2) is 8.98. The third-order valence-corrected chi connectivity index (χ3v) is 6.84. The minimum Gasteiger partial charge on any atom is -0.361 e. The molecule has 0 saturated heterocycles. The van der Waals surface area contributed by atoms with Crippen LogP contribution < -0.4 is 0 Å². The quantitative estimate of drug-likeness (QED) is 0.435. The van der Waals surface area contributed by atoms with Gasteiger partial charge in [0.1, 0.15) is 5.69 Å². The van der Waals surface area contributed by atoms with Gasteiger partial charge in [-0.25, -0.2) is 4.98 Å². The molecule has 0 saturated carbocycles. The van der Waals surface area contributed by atoms with Crippen molar-refractivity contribution in [2.75, 3.05) is 12.5 Å². The molecular formula is C23H23N3OS2. The van der Waals surface area contributed by atoms with Gasteiger partial charge in [0.2, 0.25) is 0 Å². The van der Waals surface area contributed by atoms with Gasteiger partial charge in [0, 0.05) is 17.4 Å². The minimum atomic E-state index is 0.0304. The van der Waals surface area contributed by atoms with E-state index in [2.05, 4.69) is 41.2 Å². The minimum absolute atomic E-state index is 0.0304. The highest BCUT2D eigenvalue weighted by Gasteiger charge is 2.23. The van der Waals surface area contributed by atoms with Gasteiger partial charge >= 0.3 is 0 Å². The molecule has 0 fully saturated rings. The van der Waals surface area contributed by atoms with E-state index in [4.69, 9.17) is 6.57 Å². The summed E-state index contributed by atoms with van der Waals surface area (Å²) in [4.78, 5) is 25.8. The number of hydrogen-bond acceptors (Lipinski definition) is 5. The Morgan fingerprint density at radius 3 is 1.93 bits per heavy atom. The van der Waals surface area contributed by atoms with Crippen LogP contribution in [0.4, 0.5) is 5.82 Å². The topological polar surface area (TPSA) is 47.2 Å². The first-order valence-corrected chi connectivity index (χ1v) is 11.7. The molecule has 0 bridgehead atoms. The predicted molar refractivity (Wildman–Crippen MR) is 124 cm³/mol. The number of thioether (sulfide) groups is 2. The molecule has 0 aromatic carbocycles.